The van der Waals surface area contributed by atoms with Crippen molar-refractivity contribution >= 4 is 0 Å². The zero-order valence-electron chi connectivity index (χ0n) is 10.0. The van der Waals surface area contributed by atoms with Crippen molar-refractivity contribution in [3.05, 3.63) is 0 Å². The molecular weight excluding hydrogens is 188 g/mol. The van der Waals surface area contributed by atoms with Crippen molar-refractivity contribution in [2.75, 3.05) is 6.61 Å². The van der Waals surface area contributed by atoms with E-state index in [1.165, 1.54) is 19.3 Å². The van der Waals surface area contributed by atoms with Crippen molar-refractivity contribution in [3.63, 3.8) is 0 Å². The molecule has 0 aromatic carbocycles. The van der Waals surface area contributed by atoms with E-state index >= 15 is 0 Å². The van der Waals surface area contributed by atoms with E-state index in [2.05, 4.69) is 20.8 Å². The van der Waals surface area contributed by atoms with Crippen molar-refractivity contribution in [2.45, 2.75) is 58.2 Å². The molecule has 2 nitrogen and oxygen atoms in total. The number of aliphatic hydroxyl groups is 1. The van der Waals surface area contributed by atoms with Gasteiger partial charge in [-0.25, -0.2) is 0 Å². The molecule has 1 heterocycles. The van der Waals surface area contributed by atoms with Crippen LogP contribution in [0.3, 0.4) is 0 Å². The summed E-state index contributed by atoms with van der Waals surface area (Å²) in [6.07, 6.45) is 4.91. The van der Waals surface area contributed by atoms with Crippen LogP contribution in [-0.4, -0.2) is 23.4 Å². The molecule has 86 valence electrons. The molecule has 2 aliphatic carbocycles. The van der Waals surface area contributed by atoms with Crippen LogP contribution >= 0.6 is 0 Å². The van der Waals surface area contributed by atoms with Crippen LogP contribution in [0.1, 0.15) is 46.5 Å². The Kier molecular flexibility index (Phi) is 1.75. The monoisotopic (exact) mass is 210 g/mol. The molecule has 3 fully saturated rings. The van der Waals surface area contributed by atoms with Gasteiger partial charge >= 0.3 is 0 Å². The summed E-state index contributed by atoms with van der Waals surface area (Å²) < 4.78 is 5.32. The van der Waals surface area contributed by atoms with Gasteiger partial charge in [0.25, 0.3) is 0 Å². The molecule has 3 aliphatic rings. The number of epoxide rings is 1. The van der Waals surface area contributed by atoms with E-state index in [-0.39, 0.29) is 10.8 Å². The van der Waals surface area contributed by atoms with Gasteiger partial charge in [-0.15, -0.1) is 0 Å². The number of hydrogen-bond acceptors (Lipinski definition) is 2. The van der Waals surface area contributed by atoms with Crippen molar-refractivity contribution < 1.29 is 9.84 Å². The van der Waals surface area contributed by atoms with Crippen molar-refractivity contribution in [2.24, 2.45) is 16.7 Å². The average Bonchev–Trinajstić information content (AvgIpc) is 2.82. The molecule has 1 N–H and O–H groups in total. The van der Waals surface area contributed by atoms with Crippen LogP contribution in [0.2, 0.25) is 0 Å². The first-order chi connectivity index (χ1) is 6.89. The first-order valence-electron chi connectivity index (χ1n) is 6.23. The zero-order valence-corrected chi connectivity index (χ0v) is 10.0. The smallest absolute Gasteiger partial charge is 0.0837 e. The highest BCUT2D eigenvalue weighted by Crippen LogP contribution is 2.69. The second-order valence-electron chi connectivity index (χ2n) is 6.74. The third kappa shape index (κ3) is 1.07. The van der Waals surface area contributed by atoms with Gasteiger partial charge in [0.15, 0.2) is 0 Å². The minimum atomic E-state index is -0.496. The maximum Gasteiger partial charge on any atom is 0.0837 e. The van der Waals surface area contributed by atoms with Crippen molar-refractivity contribution in [3.8, 4) is 0 Å². The fraction of sp³-hybridized carbons (Fsp3) is 1.00. The SMILES string of the molecule is CC1(C)[C@H]2CC[C@](C)(C2)[C@@]1(O)C[C@@H]1CO1. The van der Waals surface area contributed by atoms with Crippen LogP contribution in [0.25, 0.3) is 0 Å². The van der Waals surface area contributed by atoms with Gasteiger partial charge in [0, 0.05) is 6.42 Å². The molecule has 1 aliphatic heterocycles. The summed E-state index contributed by atoms with van der Waals surface area (Å²) in [7, 11) is 0. The molecule has 0 aromatic heterocycles. The Morgan fingerprint density at radius 3 is 2.47 bits per heavy atom. The third-order valence-corrected chi connectivity index (χ3v) is 5.75. The largest absolute Gasteiger partial charge is 0.389 e. The predicted molar refractivity (Wildman–Crippen MR) is 58.5 cm³/mol. The summed E-state index contributed by atoms with van der Waals surface area (Å²) in [5.41, 5.74) is -0.275. The average molecular weight is 210 g/mol. The Morgan fingerprint density at radius 1 is 1.33 bits per heavy atom. The number of hydrogen-bond donors (Lipinski definition) is 1. The molecule has 15 heavy (non-hydrogen) atoms. The molecule has 3 rings (SSSR count). The molecule has 0 spiro atoms. The predicted octanol–water partition coefficient (Wildman–Crippen LogP) is 2.35. The van der Waals surface area contributed by atoms with Crippen molar-refractivity contribution in [1.82, 2.24) is 0 Å². The highest BCUT2D eigenvalue weighted by molar-refractivity contribution is 5.18. The zero-order chi connectivity index (χ0) is 10.9. The third-order valence-electron chi connectivity index (χ3n) is 5.75. The molecule has 0 amide bonds. The van der Waals surface area contributed by atoms with Crippen LogP contribution in [0, 0.1) is 16.7 Å². The van der Waals surface area contributed by atoms with E-state index in [4.69, 9.17) is 4.74 Å². The minimum absolute atomic E-state index is 0.0753. The van der Waals surface area contributed by atoms with Gasteiger partial charge < -0.3 is 9.84 Å². The molecule has 0 unspecified atom stereocenters. The first-order valence-corrected chi connectivity index (χ1v) is 6.23. The maximum atomic E-state index is 11.1. The number of fused-ring (bicyclic) bond motifs is 2. The van der Waals surface area contributed by atoms with Gasteiger partial charge in [-0.05, 0) is 36.0 Å². The molecule has 0 aromatic rings. The van der Waals surface area contributed by atoms with Crippen LogP contribution < -0.4 is 0 Å². The molecule has 4 atom stereocenters. The summed E-state index contributed by atoms with van der Waals surface area (Å²) >= 11 is 0. The van der Waals surface area contributed by atoms with Crippen LogP contribution in [0.5, 0.6) is 0 Å². The fourth-order valence-corrected chi connectivity index (χ4v) is 4.37. The summed E-state index contributed by atoms with van der Waals surface area (Å²) in [5.74, 6) is 0.714. The number of ether oxygens (including phenoxy) is 1. The Bertz CT molecular complexity index is 288. The van der Waals surface area contributed by atoms with Crippen molar-refractivity contribution in [1.29, 1.82) is 0 Å². The molecule has 2 bridgehead atoms. The Hall–Kier alpha value is -0.0800. The quantitative estimate of drug-likeness (QED) is 0.710. The summed E-state index contributed by atoms with van der Waals surface area (Å²) in [5, 5.41) is 11.1. The lowest BCUT2D eigenvalue weighted by Crippen LogP contribution is -2.54. The van der Waals surface area contributed by atoms with Crippen LogP contribution in [0.15, 0.2) is 0 Å². The summed E-state index contributed by atoms with van der Waals surface area (Å²) in [6.45, 7) is 7.65. The molecular formula is C13H22O2. The lowest BCUT2D eigenvalue weighted by molar-refractivity contribution is -0.150. The van der Waals surface area contributed by atoms with E-state index in [0.29, 0.717) is 12.0 Å². The topological polar surface area (TPSA) is 32.8 Å². The van der Waals surface area contributed by atoms with E-state index in [9.17, 15) is 5.11 Å². The minimum Gasteiger partial charge on any atom is -0.389 e. The van der Waals surface area contributed by atoms with Crippen LogP contribution in [0.4, 0.5) is 0 Å². The summed E-state index contributed by atoms with van der Waals surface area (Å²) in [6, 6.07) is 0. The van der Waals surface area contributed by atoms with E-state index in [1.54, 1.807) is 0 Å². The lowest BCUT2D eigenvalue weighted by Gasteiger charge is -2.50. The molecule has 1 saturated heterocycles. The lowest BCUT2D eigenvalue weighted by atomic mass is 9.59. The standard InChI is InChI=1S/C13H22O2/c1-11(2)9-4-5-12(3,6-9)13(11,14)7-10-8-15-10/h9-10,14H,4-8H2,1-3H3/t9-,10+,12+,13+/m0/s1. The summed E-state index contributed by atoms with van der Waals surface area (Å²) in [4.78, 5) is 0. The Balaban J connectivity index is 1.96. The highest BCUT2D eigenvalue weighted by atomic mass is 16.6. The van der Waals surface area contributed by atoms with Crippen LogP contribution in [-0.2, 0) is 4.74 Å². The Labute approximate surface area is 92.0 Å². The van der Waals surface area contributed by atoms with Gasteiger partial charge in [0.05, 0.1) is 18.3 Å². The normalized spacial score (nSPS) is 56.0. The van der Waals surface area contributed by atoms with E-state index in [1.807, 2.05) is 0 Å². The van der Waals surface area contributed by atoms with Gasteiger partial charge in [-0.3, -0.25) is 0 Å². The number of rotatable bonds is 2. The molecule has 2 heteroatoms. The highest BCUT2D eigenvalue weighted by Gasteiger charge is 2.68. The van der Waals surface area contributed by atoms with Gasteiger partial charge in [-0.2, -0.15) is 0 Å². The first kappa shape index (κ1) is 10.1. The van der Waals surface area contributed by atoms with E-state index < -0.39 is 5.60 Å². The molecule has 2 saturated carbocycles. The van der Waals surface area contributed by atoms with Gasteiger partial charge in [0.1, 0.15) is 0 Å². The second kappa shape index (κ2) is 2.60. The maximum absolute atomic E-state index is 11.1. The van der Waals surface area contributed by atoms with Gasteiger partial charge in [-0.1, -0.05) is 20.8 Å². The van der Waals surface area contributed by atoms with E-state index in [0.717, 1.165) is 13.0 Å². The Morgan fingerprint density at radius 2 is 2.00 bits per heavy atom. The molecule has 0 radical (unpaired) electrons. The second-order valence-corrected chi connectivity index (χ2v) is 6.74. The fourth-order valence-electron chi connectivity index (χ4n) is 4.37. The van der Waals surface area contributed by atoms with Gasteiger partial charge in [0.2, 0.25) is 0 Å².